The predicted molar refractivity (Wildman–Crippen MR) is 80.4 cm³/mol. The van der Waals surface area contributed by atoms with E-state index in [1.165, 1.54) is 12.0 Å². The number of hydrogen-bond acceptors (Lipinski definition) is 1. The van der Waals surface area contributed by atoms with E-state index in [0.717, 1.165) is 24.3 Å². The van der Waals surface area contributed by atoms with E-state index >= 15 is 0 Å². The van der Waals surface area contributed by atoms with Gasteiger partial charge in [0.2, 0.25) is 0 Å². The van der Waals surface area contributed by atoms with E-state index in [-0.39, 0.29) is 11.3 Å². The molecule has 1 aliphatic carbocycles. The molecule has 2 unspecified atom stereocenters. The molecule has 1 aromatic rings. The van der Waals surface area contributed by atoms with E-state index in [4.69, 9.17) is 11.6 Å². The first-order valence-corrected chi connectivity index (χ1v) is 7.53. The molecule has 2 rings (SSSR count). The fraction of sp³-hybridized carbons (Fsp3) is 0.588. The minimum atomic E-state index is 0.0158. The van der Waals surface area contributed by atoms with Crippen LogP contribution in [0.15, 0.2) is 24.3 Å². The van der Waals surface area contributed by atoms with Crippen LogP contribution in [0.4, 0.5) is 0 Å². The number of ketones is 1. The lowest BCUT2D eigenvalue weighted by Gasteiger charge is -2.37. The Bertz CT molecular complexity index is 464. The number of Topliss-reactive ketones (excluding diaryl/α,β-unsaturated/α-hetero) is 1. The minimum Gasteiger partial charge on any atom is -0.299 e. The Balaban J connectivity index is 2.11. The van der Waals surface area contributed by atoms with Crippen LogP contribution in [-0.2, 0) is 11.2 Å². The van der Waals surface area contributed by atoms with Crippen molar-refractivity contribution < 1.29 is 4.79 Å². The van der Waals surface area contributed by atoms with Crippen molar-refractivity contribution in [2.24, 2.45) is 17.3 Å². The van der Waals surface area contributed by atoms with E-state index in [1.54, 1.807) is 0 Å². The maximum atomic E-state index is 12.3. The van der Waals surface area contributed by atoms with Gasteiger partial charge in [-0.05, 0) is 48.3 Å². The van der Waals surface area contributed by atoms with Crippen molar-refractivity contribution >= 4 is 17.4 Å². The van der Waals surface area contributed by atoms with Crippen LogP contribution in [0.25, 0.3) is 0 Å². The van der Waals surface area contributed by atoms with Gasteiger partial charge in [-0.2, -0.15) is 0 Å². The van der Waals surface area contributed by atoms with Gasteiger partial charge in [-0.3, -0.25) is 4.79 Å². The summed E-state index contributed by atoms with van der Waals surface area (Å²) in [4.78, 5) is 12.3. The van der Waals surface area contributed by atoms with E-state index in [0.29, 0.717) is 11.7 Å². The summed E-state index contributed by atoms with van der Waals surface area (Å²) in [6.45, 7) is 6.61. The molecule has 0 saturated heterocycles. The summed E-state index contributed by atoms with van der Waals surface area (Å²) < 4.78 is 0. The summed E-state index contributed by atoms with van der Waals surface area (Å²) in [6.07, 6.45) is 3.88. The Hall–Kier alpha value is -0.820. The SMILES string of the molecule is CC1CCC(C(C)(C)Cc2cccc(Cl)c2)C(=O)C1. The van der Waals surface area contributed by atoms with Gasteiger partial charge in [-0.1, -0.05) is 44.5 Å². The molecular formula is C17H23ClO. The van der Waals surface area contributed by atoms with Crippen molar-refractivity contribution in [3.05, 3.63) is 34.9 Å². The Labute approximate surface area is 121 Å². The second-order valence-electron chi connectivity index (χ2n) is 6.70. The first kappa shape index (κ1) is 14.6. The molecule has 0 radical (unpaired) electrons. The average Bonchev–Trinajstić information content (AvgIpc) is 2.27. The number of carbonyl (C=O) groups excluding carboxylic acids is 1. The molecule has 1 aromatic carbocycles. The van der Waals surface area contributed by atoms with E-state index in [1.807, 2.05) is 18.2 Å². The number of rotatable bonds is 3. The minimum absolute atomic E-state index is 0.0158. The van der Waals surface area contributed by atoms with Crippen LogP contribution in [0, 0.1) is 17.3 Å². The summed E-state index contributed by atoms with van der Waals surface area (Å²) >= 11 is 6.04. The molecule has 0 N–H and O–H groups in total. The van der Waals surface area contributed by atoms with Crippen molar-refractivity contribution in [1.82, 2.24) is 0 Å². The normalized spacial score (nSPS) is 24.5. The number of carbonyl (C=O) groups is 1. The molecule has 0 bridgehead atoms. The highest BCUT2D eigenvalue weighted by Crippen LogP contribution is 2.40. The third-order valence-electron chi connectivity index (χ3n) is 4.38. The molecule has 0 heterocycles. The van der Waals surface area contributed by atoms with Crippen molar-refractivity contribution in [2.45, 2.75) is 46.5 Å². The third-order valence-corrected chi connectivity index (χ3v) is 4.61. The van der Waals surface area contributed by atoms with Gasteiger partial charge in [0, 0.05) is 17.4 Å². The fourth-order valence-corrected chi connectivity index (χ4v) is 3.54. The lowest BCUT2D eigenvalue weighted by Crippen LogP contribution is -2.36. The number of halogens is 1. The molecule has 2 atom stereocenters. The van der Waals surface area contributed by atoms with Crippen molar-refractivity contribution in [3.63, 3.8) is 0 Å². The molecular weight excluding hydrogens is 256 g/mol. The quantitative estimate of drug-likeness (QED) is 0.767. The predicted octanol–water partition coefficient (Wildman–Crippen LogP) is 4.91. The van der Waals surface area contributed by atoms with E-state index in [9.17, 15) is 4.79 Å². The van der Waals surface area contributed by atoms with Crippen LogP contribution in [0.5, 0.6) is 0 Å². The zero-order valence-corrected chi connectivity index (χ0v) is 12.8. The molecule has 0 amide bonds. The monoisotopic (exact) mass is 278 g/mol. The van der Waals surface area contributed by atoms with Gasteiger partial charge in [0.25, 0.3) is 0 Å². The van der Waals surface area contributed by atoms with E-state index in [2.05, 4.69) is 26.8 Å². The molecule has 1 fully saturated rings. The van der Waals surface area contributed by atoms with Gasteiger partial charge in [0.1, 0.15) is 5.78 Å². The molecule has 1 aliphatic rings. The van der Waals surface area contributed by atoms with E-state index < -0.39 is 0 Å². The van der Waals surface area contributed by atoms with Crippen LogP contribution >= 0.6 is 11.6 Å². The van der Waals surface area contributed by atoms with Gasteiger partial charge in [-0.15, -0.1) is 0 Å². The number of benzene rings is 1. The second-order valence-corrected chi connectivity index (χ2v) is 7.14. The standard InChI is InChI=1S/C17H23ClO/c1-12-7-8-15(16(19)9-12)17(2,3)11-13-5-4-6-14(18)10-13/h4-6,10,12,15H,7-9,11H2,1-3H3. The van der Waals surface area contributed by atoms with Crippen molar-refractivity contribution in [2.75, 3.05) is 0 Å². The maximum absolute atomic E-state index is 12.3. The topological polar surface area (TPSA) is 17.1 Å². The zero-order valence-electron chi connectivity index (χ0n) is 12.1. The summed E-state index contributed by atoms with van der Waals surface area (Å²) in [6, 6.07) is 7.99. The highest BCUT2D eigenvalue weighted by molar-refractivity contribution is 6.30. The lowest BCUT2D eigenvalue weighted by atomic mass is 9.66. The molecule has 0 aromatic heterocycles. The Morgan fingerprint density at radius 1 is 1.32 bits per heavy atom. The van der Waals surface area contributed by atoms with Gasteiger partial charge >= 0.3 is 0 Å². The highest BCUT2D eigenvalue weighted by atomic mass is 35.5. The Kier molecular flexibility index (Phi) is 4.35. The van der Waals surface area contributed by atoms with Gasteiger partial charge < -0.3 is 0 Å². The van der Waals surface area contributed by atoms with Crippen LogP contribution in [0.3, 0.4) is 0 Å². The van der Waals surface area contributed by atoms with Crippen LogP contribution in [0.2, 0.25) is 5.02 Å². The Morgan fingerprint density at radius 3 is 2.68 bits per heavy atom. The summed E-state index contributed by atoms with van der Waals surface area (Å²) in [5, 5.41) is 0.775. The molecule has 0 spiro atoms. The van der Waals surface area contributed by atoms with Crippen LogP contribution < -0.4 is 0 Å². The molecule has 0 aliphatic heterocycles. The van der Waals surface area contributed by atoms with Crippen molar-refractivity contribution in [1.29, 1.82) is 0 Å². The Morgan fingerprint density at radius 2 is 2.05 bits per heavy atom. The first-order valence-electron chi connectivity index (χ1n) is 7.15. The highest BCUT2D eigenvalue weighted by Gasteiger charge is 2.37. The fourth-order valence-electron chi connectivity index (χ4n) is 3.32. The molecule has 19 heavy (non-hydrogen) atoms. The lowest BCUT2D eigenvalue weighted by molar-refractivity contribution is -0.129. The third kappa shape index (κ3) is 3.60. The first-order chi connectivity index (χ1) is 8.88. The van der Waals surface area contributed by atoms with Gasteiger partial charge in [0.05, 0.1) is 0 Å². The second kappa shape index (κ2) is 5.66. The van der Waals surface area contributed by atoms with Gasteiger partial charge in [0.15, 0.2) is 0 Å². The number of hydrogen-bond donors (Lipinski definition) is 0. The smallest absolute Gasteiger partial charge is 0.136 e. The van der Waals surface area contributed by atoms with Crippen LogP contribution in [0.1, 0.15) is 45.6 Å². The molecule has 1 nitrogen and oxygen atoms in total. The zero-order chi connectivity index (χ0) is 14.0. The largest absolute Gasteiger partial charge is 0.299 e. The van der Waals surface area contributed by atoms with Crippen LogP contribution in [-0.4, -0.2) is 5.78 Å². The molecule has 2 heteroatoms. The summed E-state index contributed by atoms with van der Waals surface area (Å²) in [5.41, 5.74) is 1.24. The van der Waals surface area contributed by atoms with Crippen molar-refractivity contribution in [3.8, 4) is 0 Å². The summed E-state index contributed by atoms with van der Waals surface area (Å²) in [7, 11) is 0. The molecule has 104 valence electrons. The maximum Gasteiger partial charge on any atom is 0.136 e. The van der Waals surface area contributed by atoms with Gasteiger partial charge in [-0.25, -0.2) is 0 Å². The summed E-state index contributed by atoms with van der Waals surface area (Å²) in [5.74, 6) is 1.21. The molecule has 1 saturated carbocycles. The average molecular weight is 279 g/mol.